The number of amides is 2. The number of likely N-dealkylation sites (tertiary alicyclic amines) is 1. The van der Waals surface area contributed by atoms with Crippen LogP contribution in [0.15, 0.2) is 0 Å². The molecule has 1 rings (SSSR count). The topological polar surface area (TPSA) is 113 Å². The van der Waals surface area contributed by atoms with Crippen LogP contribution < -0.4 is 11.1 Å². The molecule has 0 aromatic rings. The molecule has 0 saturated carbocycles. The summed E-state index contributed by atoms with van der Waals surface area (Å²) in [5.41, 5.74) is 5.95. The number of carbonyl (C=O) groups is 3. The molecule has 1 fully saturated rings. The van der Waals surface area contributed by atoms with Crippen LogP contribution in [0.3, 0.4) is 0 Å². The van der Waals surface area contributed by atoms with Crippen molar-refractivity contribution < 1.29 is 19.5 Å². The quantitative estimate of drug-likeness (QED) is 0.609. The van der Waals surface area contributed by atoms with Crippen LogP contribution in [0.4, 0.5) is 0 Å². The average Bonchev–Trinajstić information content (AvgIpc) is 3.01. The number of carboxylic acid groups (broad SMARTS) is 1. The third-order valence-electron chi connectivity index (χ3n) is 4.70. The molecule has 2 amide bonds. The van der Waals surface area contributed by atoms with Gasteiger partial charge in [0.05, 0.1) is 6.04 Å². The van der Waals surface area contributed by atoms with E-state index >= 15 is 0 Å². The van der Waals surface area contributed by atoms with E-state index in [1.807, 2.05) is 27.7 Å². The molecule has 4 N–H and O–H groups in total. The Morgan fingerprint density at radius 3 is 2.42 bits per heavy atom. The number of hydrogen-bond donors (Lipinski definition) is 3. The first-order chi connectivity index (χ1) is 11.2. The summed E-state index contributed by atoms with van der Waals surface area (Å²) in [4.78, 5) is 37.8. The highest BCUT2D eigenvalue weighted by Gasteiger charge is 2.38. The molecule has 0 bridgehead atoms. The van der Waals surface area contributed by atoms with Gasteiger partial charge in [-0.1, -0.05) is 34.1 Å². The average molecular weight is 341 g/mol. The van der Waals surface area contributed by atoms with Gasteiger partial charge in [-0.15, -0.1) is 0 Å². The van der Waals surface area contributed by atoms with Crippen molar-refractivity contribution in [1.29, 1.82) is 0 Å². The molecule has 7 nitrogen and oxygen atoms in total. The highest BCUT2D eigenvalue weighted by molar-refractivity contribution is 5.92. The SMILES string of the molecule is CC[C@H](C)[C@H](N)C(=O)N[C@@H](CC(C)C)C(=O)N1CCC[C@@H]1C(=O)O. The summed E-state index contributed by atoms with van der Waals surface area (Å²) in [6.45, 7) is 8.18. The highest BCUT2D eigenvalue weighted by Crippen LogP contribution is 2.20. The van der Waals surface area contributed by atoms with Crippen molar-refractivity contribution in [3.05, 3.63) is 0 Å². The van der Waals surface area contributed by atoms with E-state index in [1.165, 1.54) is 4.90 Å². The lowest BCUT2D eigenvalue weighted by Crippen LogP contribution is -2.55. The molecule has 0 aromatic heterocycles. The third-order valence-corrected chi connectivity index (χ3v) is 4.70. The van der Waals surface area contributed by atoms with Crippen molar-refractivity contribution in [2.45, 2.75) is 71.5 Å². The monoisotopic (exact) mass is 341 g/mol. The molecule has 138 valence electrons. The number of nitrogens with zero attached hydrogens (tertiary/aromatic N) is 1. The van der Waals surface area contributed by atoms with Gasteiger partial charge in [-0.25, -0.2) is 4.79 Å². The number of aliphatic carboxylic acids is 1. The summed E-state index contributed by atoms with van der Waals surface area (Å²) in [7, 11) is 0. The maximum absolute atomic E-state index is 12.8. The second-order valence-electron chi connectivity index (χ2n) is 7.13. The second kappa shape index (κ2) is 9.01. The van der Waals surface area contributed by atoms with Gasteiger partial charge in [0.25, 0.3) is 0 Å². The van der Waals surface area contributed by atoms with Crippen LogP contribution >= 0.6 is 0 Å². The summed E-state index contributed by atoms with van der Waals surface area (Å²) < 4.78 is 0. The van der Waals surface area contributed by atoms with Crippen LogP contribution in [0, 0.1) is 11.8 Å². The fraction of sp³-hybridized carbons (Fsp3) is 0.824. The Morgan fingerprint density at radius 2 is 1.92 bits per heavy atom. The molecule has 7 heteroatoms. The molecular weight excluding hydrogens is 310 g/mol. The number of rotatable bonds is 8. The van der Waals surface area contributed by atoms with E-state index in [4.69, 9.17) is 5.73 Å². The van der Waals surface area contributed by atoms with Gasteiger partial charge in [0.1, 0.15) is 12.1 Å². The Hall–Kier alpha value is -1.63. The van der Waals surface area contributed by atoms with E-state index in [2.05, 4.69) is 5.32 Å². The number of nitrogens with two attached hydrogens (primary N) is 1. The normalized spacial score (nSPS) is 21.4. The van der Waals surface area contributed by atoms with Gasteiger partial charge in [0.15, 0.2) is 0 Å². The van der Waals surface area contributed by atoms with E-state index in [0.29, 0.717) is 25.8 Å². The van der Waals surface area contributed by atoms with Crippen molar-refractivity contribution in [3.8, 4) is 0 Å². The first-order valence-corrected chi connectivity index (χ1v) is 8.78. The third kappa shape index (κ3) is 5.19. The van der Waals surface area contributed by atoms with E-state index in [1.54, 1.807) is 0 Å². The summed E-state index contributed by atoms with van der Waals surface area (Å²) in [6, 6.07) is -2.20. The molecule has 0 radical (unpaired) electrons. The maximum Gasteiger partial charge on any atom is 0.326 e. The molecule has 0 aromatic carbocycles. The molecule has 24 heavy (non-hydrogen) atoms. The number of nitrogens with one attached hydrogen (secondary N) is 1. The van der Waals surface area contributed by atoms with Crippen molar-refractivity contribution in [3.63, 3.8) is 0 Å². The Kier molecular flexibility index (Phi) is 7.66. The Balaban J connectivity index is 2.86. The van der Waals surface area contributed by atoms with Crippen LogP contribution in [0.25, 0.3) is 0 Å². The van der Waals surface area contributed by atoms with Gasteiger partial charge in [0, 0.05) is 6.54 Å². The van der Waals surface area contributed by atoms with Crippen LogP contribution in [0.1, 0.15) is 53.4 Å². The van der Waals surface area contributed by atoms with Gasteiger partial charge < -0.3 is 21.1 Å². The second-order valence-corrected chi connectivity index (χ2v) is 7.13. The van der Waals surface area contributed by atoms with Gasteiger partial charge in [-0.3, -0.25) is 9.59 Å². The molecule has 1 aliphatic rings. The van der Waals surface area contributed by atoms with Crippen molar-refractivity contribution >= 4 is 17.8 Å². The Morgan fingerprint density at radius 1 is 1.29 bits per heavy atom. The lowest BCUT2D eigenvalue weighted by atomic mass is 9.97. The van der Waals surface area contributed by atoms with E-state index in [9.17, 15) is 19.5 Å². The molecule has 0 unspecified atom stereocenters. The lowest BCUT2D eigenvalue weighted by Gasteiger charge is -2.29. The first kappa shape index (κ1) is 20.4. The molecule has 4 atom stereocenters. The van der Waals surface area contributed by atoms with E-state index in [0.717, 1.165) is 6.42 Å². The fourth-order valence-electron chi connectivity index (χ4n) is 2.96. The summed E-state index contributed by atoms with van der Waals surface area (Å²) in [5.74, 6) is -1.47. The predicted molar refractivity (Wildman–Crippen MR) is 91.2 cm³/mol. The Bertz CT molecular complexity index is 467. The van der Waals surface area contributed by atoms with Crippen LogP contribution in [0.5, 0.6) is 0 Å². The minimum absolute atomic E-state index is 0.0124. The number of hydrogen-bond acceptors (Lipinski definition) is 4. The summed E-state index contributed by atoms with van der Waals surface area (Å²) in [6.07, 6.45) is 2.35. The number of carboxylic acids is 1. The van der Waals surface area contributed by atoms with Gasteiger partial charge in [0.2, 0.25) is 11.8 Å². The lowest BCUT2D eigenvalue weighted by molar-refractivity contribution is -0.149. The molecular formula is C17H31N3O4. The molecule has 1 aliphatic heterocycles. The van der Waals surface area contributed by atoms with Crippen LogP contribution in [-0.2, 0) is 14.4 Å². The largest absolute Gasteiger partial charge is 0.480 e. The summed E-state index contributed by atoms with van der Waals surface area (Å²) in [5, 5.41) is 12.0. The van der Waals surface area contributed by atoms with Crippen LogP contribution in [-0.4, -0.2) is 52.5 Å². The smallest absolute Gasteiger partial charge is 0.326 e. The number of carbonyl (C=O) groups excluding carboxylic acids is 2. The van der Waals surface area contributed by atoms with Crippen molar-refractivity contribution in [2.24, 2.45) is 17.6 Å². The highest BCUT2D eigenvalue weighted by atomic mass is 16.4. The van der Waals surface area contributed by atoms with Gasteiger partial charge in [-0.05, 0) is 31.1 Å². The molecule has 0 aliphatic carbocycles. The zero-order valence-electron chi connectivity index (χ0n) is 15.1. The van der Waals surface area contributed by atoms with Crippen molar-refractivity contribution in [2.75, 3.05) is 6.54 Å². The first-order valence-electron chi connectivity index (χ1n) is 8.78. The minimum atomic E-state index is -0.994. The summed E-state index contributed by atoms with van der Waals surface area (Å²) >= 11 is 0. The van der Waals surface area contributed by atoms with Crippen molar-refractivity contribution in [1.82, 2.24) is 10.2 Å². The zero-order chi connectivity index (χ0) is 18.4. The standard InChI is InChI=1S/C17H31N3O4/c1-5-11(4)14(18)15(21)19-12(9-10(2)3)16(22)20-8-6-7-13(20)17(23)24/h10-14H,5-9,18H2,1-4H3,(H,19,21)(H,23,24)/t11-,12-,13+,14-/m0/s1. The van der Waals surface area contributed by atoms with Gasteiger partial charge in [-0.2, -0.15) is 0 Å². The minimum Gasteiger partial charge on any atom is -0.480 e. The maximum atomic E-state index is 12.8. The molecule has 0 spiro atoms. The van der Waals surface area contributed by atoms with Gasteiger partial charge >= 0.3 is 5.97 Å². The van der Waals surface area contributed by atoms with E-state index in [-0.39, 0.29) is 23.7 Å². The predicted octanol–water partition coefficient (Wildman–Crippen LogP) is 0.966. The zero-order valence-corrected chi connectivity index (χ0v) is 15.1. The molecule has 1 heterocycles. The molecule has 1 saturated heterocycles. The van der Waals surface area contributed by atoms with E-state index < -0.39 is 24.1 Å². The van der Waals surface area contributed by atoms with Crippen LogP contribution in [0.2, 0.25) is 0 Å². The Labute approximate surface area is 144 Å². The fourth-order valence-corrected chi connectivity index (χ4v) is 2.96.